The van der Waals surface area contributed by atoms with E-state index in [1.54, 1.807) is 6.20 Å². The maximum Gasteiger partial charge on any atom is 0.0925 e. The van der Waals surface area contributed by atoms with Gasteiger partial charge in [0.05, 0.1) is 29.1 Å². The van der Waals surface area contributed by atoms with Gasteiger partial charge in [-0.1, -0.05) is 30.3 Å². The zero-order valence-corrected chi connectivity index (χ0v) is 13.3. The fraction of sp³-hybridized carbons (Fsp3) is 0.267. The Morgan fingerprint density at radius 2 is 2.14 bits per heavy atom. The van der Waals surface area contributed by atoms with Crippen molar-refractivity contribution < 1.29 is 0 Å². The van der Waals surface area contributed by atoms with E-state index in [0.717, 1.165) is 39.7 Å². The van der Waals surface area contributed by atoms with Gasteiger partial charge in [0.25, 0.3) is 0 Å². The van der Waals surface area contributed by atoms with Crippen LogP contribution in [-0.4, -0.2) is 20.0 Å². The number of halogens is 1. The number of rotatable bonds is 4. The summed E-state index contributed by atoms with van der Waals surface area (Å²) in [6.07, 6.45) is 2.69. The van der Waals surface area contributed by atoms with Crippen LogP contribution >= 0.6 is 15.9 Å². The first kappa shape index (κ1) is 14.2. The van der Waals surface area contributed by atoms with E-state index in [-0.39, 0.29) is 6.04 Å². The van der Waals surface area contributed by atoms with Crippen LogP contribution < -0.4 is 5.73 Å². The van der Waals surface area contributed by atoms with Crippen molar-refractivity contribution in [2.75, 3.05) is 0 Å². The van der Waals surface area contributed by atoms with Crippen molar-refractivity contribution in [3.8, 4) is 0 Å². The molecule has 3 aromatic rings. The molecule has 0 aliphatic rings. The summed E-state index contributed by atoms with van der Waals surface area (Å²) in [4.78, 5) is 4.69. The van der Waals surface area contributed by atoms with Crippen LogP contribution in [0.2, 0.25) is 0 Å². The zero-order chi connectivity index (χ0) is 14.8. The number of aromatic nitrogens is 4. The highest BCUT2D eigenvalue weighted by atomic mass is 79.9. The topological polar surface area (TPSA) is 69.6 Å². The Bertz CT molecular complexity index is 768. The third-order valence-electron chi connectivity index (χ3n) is 3.40. The van der Waals surface area contributed by atoms with Gasteiger partial charge >= 0.3 is 0 Å². The zero-order valence-electron chi connectivity index (χ0n) is 11.7. The lowest BCUT2D eigenvalue weighted by molar-refractivity contribution is 0.541. The highest BCUT2D eigenvalue weighted by Gasteiger charge is 2.19. The second-order valence-electron chi connectivity index (χ2n) is 4.91. The molecule has 0 saturated heterocycles. The lowest BCUT2D eigenvalue weighted by Crippen LogP contribution is -2.19. The Labute approximate surface area is 131 Å². The number of hydrogen-bond donors (Lipinski definition) is 1. The second-order valence-corrected chi connectivity index (χ2v) is 5.76. The normalized spacial score (nSPS) is 12.7. The number of nitrogens with two attached hydrogens (primary N) is 1. The summed E-state index contributed by atoms with van der Waals surface area (Å²) in [5.41, 5.74) is 9.00. The van der Waals surface area contributed by atoms with Crippen LogP contribution in [0, 0.1) is 0 Å². The molecule has 1 atom stereocenters. The van der Waals surface area contributed by atoms with Crippen molar-refractivity contribution >= 4 is 26.8 Å². The van der Waals surface area contributed by atoms with Crippen LogP contribution in [0.1, 0.15) is 30.8 Å². The molecule has 0 fully saturated rings. The number of para-hydroxylation sites is 1. The highest BCUT2D eigenvalue weighted by Crippen LogP contribution is 2.28. The van der Waals surface area contributed by atoms with Crippen molar-refractivity contribution in [3.63, 3.8) is 0 Å². The van der Waals surface area contributed by atoms with E-state index in [4.69, 9.17) is 10.7 Å². The molecule has 3 rings (SSSR count). The van der Waals surface area contributed by atoms with E-state index >= 15 is 0 Å². The van der Waals surface area contributed by atoms with Crippen LogP contribution in [0.4, 0.5) is 0 Å². The number of fused-ring (bicyclic) bond motifs is 1. The lowest BCUT2D eigenvalue weighted by Gasteiger charge is -2.15. The van der Waals surface area contributed by atoms with Gasteiger partial charge in [0.1, 0.15) is 0 Å². The molecule has 0 amide bonds. The molecule has 0 saturated carbocycles. The van der Waals surface area contributed by atoms with Gasteiger partial charge in [-0.2, -0.15) is 0 Å². The molecule has 21 heavy (non-hydrogen) atoms. The molecular weight excluding hydrogens is 330 g/mol. The SMILES string of the molecule is CCCn1nncc1C(N)c1nc2ccccc2cc1Br. The summed E-state index contributed by atoms with van der Waals surface area (Å²) >= 11 is 3.57. The maximum atomic E-state index is 6.39. The molecule has 0 spiro atoms. The lowest BCUT2D eigenvalue weighted by atomic mass is 10.1. The van der Waals surface area contributed by atoms with Gasteiger partial charge in [-0.25, -0.2) is 9.67 Å². The molecule has 0 bridgehead atoms. The highest BCUT2D eigenvalue weighted by molar-refractivity contribution is 9.10. The summed E-state index contributed by atoms with van der Waals surface area (Å²) in [6.45, 7) is 2.90. The second kappa shape index (κ2) is 5.91. The number of pyridine rings is 1. The van der Waals surface area contributed by atoms with Crippen molar-refractivity contribution in [2.24, 2.45) is 5.73 Å². The Kier molecular flexibility index (Phi) is 3.98. The minimum absolute atomic E-state index is 0.356. The van der Waals surface area contributed by atoms with Gasteiger partial charge < -0.3 is 5.73 Å². The molecule has 108 valence electrons. The van der Waals surface area contributed by atoms with Gasteiger partial charge in [-0.15, -0.1) is 5.10 Å². The number of hydrogen-bond acceptors (Lipinski definition) is 4. The predicted molar refractivity (Wildman–Crippen MR) is 85.8 cm³/mol. The predicted octanol–water partition coefficient (Wildman–Crippen LogP) is 3.05. The Balaban J connectivity index is 2.06. The van der Waals surface area contributed by atoms with Crippen LogP contribution in [0.5, 0.6) is 0 Å². The van der Waals surface area contributed by atoms with Crippen molar-refractivity contribution in [3.05, 3.63) is 52.4 Å². The third-order valence-corrected chi connectivity index (χ3v) is 4.04. The average molecular weight is 346 g/mol. The summed E-state index contributed by atoms with van der Waals surface area (Å²) < 4.78 is 2.74. The Morgan fingerprint density at radius 3 is 2.95 bits per heavy atom. The monoisotopic (exact) mass is 345 g/mol. The average Bonchev–Trinajstić information content (AvgIpc) is 2.94. The van der Waals surface area contributed by atoms with E-state index in [2.05, 4.69) is 33.2 Å². The summed E-state index contributed by atoms with van der Waals surface area (Å²) in [5.74, 6) is 0. The fourth-order valence-corrected chi connectivity index (χ4v) is 2.94. The summed E-state index contributed by atoms with van der Waals surface area (Å²) in [5, 5.41) is 9.14. The number of nitrogens with zero attached hydrogens (tertiary/aromatic N) is 4. The molecule has 2 heterocycles. The maximum absolute atomic E-state index is 6.39. The van der Waals surface area contributed by atoms with Crippen LogP contribution in [-0.2, 0) is 6.54 Å². The fourth-order valence-electron chi connectivity index (χ4n) is 2.36. The molecule has 0 radical (unpaired) electrons. The first-order valence-corrected chi connectivity index (χ1v) is 7.69. The molecule has 5 nitrogen and oxygen atoms in total. The van der Waals surface area contributed by atoms with Crippen LogP contribution in [0.3, 0.4) is 0 Å². The standard InChI is InChI=1S/C15H16BrN5/c1-2-7-21-13(9-18-20-21)14(17)15-11(16)8-10-5-3-4-6-12(10)19-15/h3-6,8-9,14H,2,7,17H2,1H3. The van der Waals surface area contributed by atoms with E-state index in [1.165, 1.54) is 0 Å². The third kappa shape index (κ3) is 2.69. The van der Waals surface area contributed by atoms with Gasteiger partial charge in [-0.05, 0) is 34.5 Å². The van der Waals surface area contributed by atoms with Crippen molar-refractivity contribution in [1.29, 1.82) is 0 Å². The van der Waals surface area contributed by atoms with Crippen LogP contribution in [0.25, 0.3) is 10.9 Å². The van der Waals surface area contributed by atoms with Gasteiger partial charge in [0.2, 0.25) is 0 Å². The van der Waals surface area contributed by atoms with E-state index in [0.29, 0.717) is 0 Å². The number of benzene rings is 1. The minimum atomic E-state index is -0.356. The molecule has 2 N–H and O–H groups in total. The van der Waals surface area contributed by atoms with Crippen LogP contribution in [0.15, 0.2) is 41.0 Å². The number of aryl methyl sites for hydroxylation is 1. The summed E-state index contributed by atoms with van der Waals surface area (Å²) in [6, 6.07) is 9.68. The molecule has 1 aromatic carbocycles. The first-order chi connectivity index (χ1) is 10.2. The largest absolute Gasteiger partial charge is 0.318 e. The first-order valence-electron chi connectivity index (χ1n) is 6.90. The van der Waals surface area contributed by atoms with E-state index in [9.17, 15) is 0 Å². The summed E-state index contributed by atoms with van der Waals surface area (Å²) in [7, 11) is 0. The van der Waals surface area contributed by atoms with E-state index < -0.39 is 0 Å². The molecule has 1 unspecified atom stereocenters. The van der Waals surface area contributed by atoms with Crippen molar-refractivity contribution in [1.82, 2.24) is 20.0 Å². The Hall–Kier alpha value is -1.79. The van der Waals surface area contributed by atoms with Gasteiger partial charge in [-0.3, -0.25) is 0 Å². The molecule has 6 heteroatoms. The Morgan fingerprint density at radius 1 is 1.33 bits per heavy atom. The van der Waals surface area contributed by atoms with Crippen molar-refractivity contribution in [2.45, 2.75) is 25.9 Å². The molecule has 0 aliphatic carbocycles. The van der Waals surface area contributed by atoms with Gasteiger partial charge in [0, 0.05) is 16.4 Å². The van der Waals surface area contributed by atoms with E-state index in [1.807, 2.05) is 35.0 Å². The minimum Gasteiger partial charge on any atom is -0.318 e. The molecule has 2 aromatic heterocycles. The molecule has 0 aliphatic heterocycles. The molecular formula is C15H16BrN5. The smallest absolute Gasteiger partial charge is 0.0925 e. The quantitative estimate of drug-likeness (QED) is 0.788. The van der Waals surface area contributed by atoms with Gasteiger partial charge in [0.15, 0.2) is 0 Å².